The van der Waals surface area contributed by atoms with Gasteiger partial charge in [0.1, 0.15) is 11.6 Å². The molecule has 0 fully saturated rings. The first-order chi connectivity index (χ1) is 29.9. The molecule has 306 valence electrons. The summed E-state index contributed by atoms with van der Waals surface area (Å²) in [6.45, 7) is 4.48. The van der Waals surface area contributed by atoms with Crippen LogP contribution in [0.15, 0.2) is 115 Å². The Morgan fingerprint density at radius 3 is 1.70 bits per heavy atom. The van der Waals surface area contributed by atoms with Crippen molar-refractivity contribution in [1.29, 1.82) is 5.26 Å². The van der Waals surface area contributed by atoms with Crippen molar-refractivity contribution in [3.05, 3.63) is 141 Å². The number of thiophene rings is 5. The minimum absolute atomic E-state index is 0.235. The highest BCUT2D eigenvalue weighted by molar-refractivity contribution is 7.41. The highest BCUT2D eigenvalue weighted by atomic mass is 32.1. The molecule has 8 rings (SSSR count). The Morgan fingerprint density at radius 2 is 1.16 bits per heavy atom. The SMILES string of the molecule is CCCCCCc1cc(C#Cc2ccc(N(c3ccccc3)c3ccccc3)cc2)sc1-c1cc2sc3cc(-c4sc(/C=C(\C#N)C(=O)O)cc4CCCCCC)sc3c2s1. The summed E-state index contributed by atoms with van der Waals surface area (Å²) in [6.07, 6.45) is 13.0. The maximum atomic E-state index is 11.7. The second kappa shape index (κ2) is 20.1. The molecule has 0 aliphatic carbocycles. The number of hydrogen-bond donors (Lipinski definition) is 1. The number of para-hydroxylation sites is 2. The van der Waals surface area contributed by atoms with Crippen LogP contribution >= 0.6 is 56.7 Å². The molecule has 0 bridgehead atoms. The van der Waals surface area contributed by atoms with E-state index in [0.29, 0.717) is 0 Å². The van der Waals surface area contributed by atoms with Gasteiger partial charge in [-0.1, -0.05) is 101 Å². The first-order valence-electron chi connectivity index (χ1n) is 21.0. The molecule has 0 atom stereocenters. The van der Waals surface area contributed by atoms with Gasteiger partial charge in [0.25, 0.3) is 0 Å². The number of carbonyl (C=O) groups is 1. The van der Waals surface area contributed by atoms with E-state index in [1.54, 1.807) is 11.3 Å². The van der Waals surface area contributed by atoms with Gasteiger partial charge < -0.3 is 10.0 Å². The highest BCUT2D eigenvalue weighted by Gasteiger charge is 2.21. The first kappa shape index (κ1) is 42.4. The van der Waals surface area contributed by atoms with Crippen molar-refractivity contribution in [2.45, 2.75) is 78.1 Å². The summed E-state index contributed by atoms with van der Waals surface area (Å²) in [5, 5.41) is 19.0. The molecule has 0 amide bonds. The summed E-state index contributed by atoms with van der Waals surface area (Å²) in [5.74, 6) is 5.84. The van der Waals surface area contributed by atoms with E-state index in [2.05, 4.69) is 128 Å². The predicted octanol–water partition coefficient (Wildman–Crippen LogP) is 16.7. The van der Waals surface area contributed by atoms with Crippen molar-refractivity contribution in [1.82, 2.24) is 0 Å². The maximum absolute atomic E-state index is 11.7. The van der Waals surface area contributed by atoms with E-state index >= 15 is 0 Å². The fraction of sp³-hybridized carbons (Fsp3) is 0.231. The molecule has 61 heavy (non-hydrogen) atoms. The molecular formula is C52H46N2O2S5. The van der Waals surface area contributed by atoms with E-state index in [4.69, 9.17) is 0 Å². The van der Waals surface area contributed by atoms with Crippen LogP contribution in [0.5, 0.6) is 0 Å². The molecule has 0 radical (unpaired) electrons. The van der Waals surface area contributed by atoms with E-state index in [0.717, 1.165) is 51.6 Å². The predicted molar refractivity (Wildman–Crippen MR) is 266 cm³/mol. The molecule has 4 nitrogen and oxygen atoms in total. The van der Waals surface area contributed by atoms with Crippen molar-refractivity contribution >= 4 is 105 Å². The highest BCUT2D eigenvalue weighted by Crippen LogP contribution is 2.51. The van der Waals surface area contributed by atoms with Crippen molar-refractivity contribution in [3.63, 3.8) is 0 Å². The summed E-state index contributed by atoms with van der Waals surface area (Å²) in [6, 6.07) is 40.5. The van der Waals surface area contributed by atoms with Gasteiger partial charge in [0.15, 0.2) is 0 Å². The van der Waals surface area contributed by atoms with Crippen LogP contribution in [0.3, 0.4) is 0 Å². The number of carboxylic acid groups (broad SMARTS) is 1. The normalized spacial score (nSPS) is 11.5. The first-order valence-corrected chi connectivity index (χ1v) is 25.1. The zero-order chi connectivity index (χ0) is 42.1. The fourth-order valence-corrected chi connectivity index (χ4v) is 14.1. The molecule has 5 aromatic heterocycles. The number of aryl methyl sites for hydroxylation is 2. The summed E-state index contributed by atoms with van der Waals surface area (Å²) >= 11 is 9.01. The topological polar surface area (TPSA) is 64.3 Å². The number of nitriles is 1. The molecule has 0 aliphatic heterocycles. The standard InChI is InChI=1S/C52H46N2O2S5/c1-3-5-7-11-17-36-29-42(28-25-35-23-26-41(27-24-35)54(39-19-13-9-14-20-39)40-21-15-10-16-22-40)57-48(36)44-32-46-50(60-44)51-47(59-46)33-45(61-51)49-37(18-12-8-6-4-2)30-43(58-49)31-38(34-53)52(55)56/h9-10,13-16,19-24,26-27,29-33H,3-8,11-12,17-18H2,1-2H3,(H,55,56)/b38-31+. The number of nitrogens with zero attached hydrogens (tertiary/aromatic N) is 2. The molecule has 1 N–H and O–H groups in total. The van der Waals surface area contributed by atoms with Crippen molar-refractivity contribution in [2.75, 3.05) is 4.90 Å². The van der Waals surface area contributed by atoms with Gasteiger partial charge in [-0.2, -0.15) is 5.26 Å². The van der Waals surface area contributed by atoms with E-state index in [9.17, 15) is 15.2 Å². The second-order valence-corrected chi connectivity index (χ2v) is 20.4. The lowest BCUT2D eigenvalue weighted by Crippen LogP contribution is -2.09. The fourth-order valence-electron chi connectivity index (χ4n) is 7.56. The minimum atomic E-state index is -1.19. The third-order valence-corrected chi connectivity index (χ3v) is 17.0. The van der Waals surface area contributed by atoms with Gasteiger partial charge in [0.05, 0.1) is 14.3 Å². The smallest absolute Gasteiger partial charge is 0.346 e. The van der Waals surface area contributed by atoms with Crippen LogP contribution in [0, 0.1) is 23.2 Å². The average Bonchev–Trinajstić information content (AvgIpc) is 4.11. The lowest BCUT2D eigenvalue weighted by molar-refractivity contribution is -0.132. The Kier molecular flexibility index (Phi) is 14.0. The van der Waals surface area contributed by atoms with Gasteiger partial charge in [-0.25, -0.2) is 4.79 Å². The van der Waals surface area contributed by atoms with Crippen LogP contribution in [0.1, 0.15) is 91.7 Å². The van der Waals surface area contributed by atoms with Crippen molar-refractivity contribution in [3.8, 4) is 37.4 Å². The number of unbranched alkanes of at least 4 members (excludes halogenated alkanes) is 6. The summed E-state index contributed by atoms with van der Waals surface area (Å²) in [5.41, 5.74) is 6.70. The van der Waals surface area contributed by atoms with E-state index < -0.39 is 5.97 Å². The molecule has 8 aromatic rings. The van der Waals surface area contributed by atoms with Crippen LogP contribution in [0.2, 0.25) is 0 Å². The molecular weight excluding hydrogens is 845 g/mol. The number of fused-ring (bicyclic) bond motifs is 3. The third-order valence-electron chi connectivity index (χ3n) is 10.6. The van der Waals surface area contributed by atoms with E-state index in [-0.39, 0.29) is 5.57 Å². The van der Waals surface area contributed by atoms with E-state index in [1.807, 2.05) is 63.5 Å². The molecule has 0 saturated carbocycles. The lowest BCUT2D eigenvalue weighted by atomic mass is 10.1. The minimum Gasteiger partial charge on any atom is -0.477 e. The number of hydrogen-bond acceptors (Lipinski definition) is 8. The Morgan fingerprint density at radius 1 is 0.623 bits per heavy atom. The van der Waals surface area contributed by atoms with Crippen LogP contribution in [-0.2, 0) is 17.6 Å². The average molecular weight is 891 g/mol. The Labute approximate surface area is 378 Å². The third kappa shape index (κ3) is 9.94. The molecule has 0 aliphatic rings. The summed E-state index contributed by atoms with van der Waals surface area (Å²) in [4.78, 5) is 20.9. The summed E-state index contributed by atoms with van der Waals surface area (Å²) in [7, 11) is 0. The number of anilines is 3. The zero-order valence-electron chi connectivity index (χ0n) is 34.3. The Bertz CT molecular complexity index is 2850. The van der Waals surface area contributed by atoms with Gasteiger partial charge in [0.2, 0.25) is 0 Å². The van der Waals surface area contributed by atoms with Gasteiger partial charge in [-0.05, 0) is 116 Å². The number of carboxylic acids is 1. The van der Waals surface area contributed by atoms with Gasteiger partial charge in [0, 0.05) is 56.4 Å². The van der Waals surface area contributed by atoms with Crippen LogP contribution in [-0.4, -0.2) is 11.1 Å². The van der Waals surface area contributed by atoms with Crippen LogP contribution in [0.25, 0.3) is 44.4 Å². The van der Waals surface area contributed by atoms with Gasteiger partial charge >= 0.3 is 5.97 Å². The number of aliphatic carboxylic acids is 1. The molecule has 0 saturated heterocycles. The Hall–Kier alpha value is -5.26. The monoisotopic (exact) mass is 890 g/mol. The summed E-state index contributed by atoms with van der Waals surface area (Å²) < 4.78 is 5.26. The number of benzene rings is 3. The molecule has 3 aromatic carbocycles. The molecule has 0 spiro atoms. The molecule has 9 heteroatoms. The van der Waals surface area contributed by atoms with Crippen molar-refractivity contribution < 1.29 is 9.90 Å². The van der Waals surface area contributed by atoms with Gasteiger partial charge in [-0.3, -0.25) is 0 Å². The van der Waals surface area contributed by atoms with Crippen LogP contribution in [0.4, 0.5) is 17.1 Å². The number of rotatable bonds is 17. The lowest BCUT2D eigenvalue weighted by Gasteiger charge is -2.25. The van der Waals surface area contributed by atoms with Crippen molar-refractivity contribution in [2.24, 2.45) is 0 Å². The second-order valence-electron chi connectivity index (χ2n) is 15.1. The Balaban J connectivity index is 1.09. The zero-order valence-corrected chi connectivity index (χ0v) is 38.4. The quantitative estimate of drug-likeness (QED) is 0.0428. The molecule has 5 heterocycles. The largest absolute Gasteiger partial charge is 0.477 e. The van der Waals surface area contributed by atoms with E-state index in [1.165, 1.54) is 100 Å². The van der Waals surface area contributed by atoms with Gasteiger partial charge in [-0.15, -0.1) is 56.7 Å². The molecule has 0 unspecified atom stereocenters. The maximum Gasteiger partial charge on any atom is 0.346 e. The van der Waals surface area contributed by atoms with Crippen LogP contribution < -0.4 is 4.90 Å².